The van der Waals surface area contributed by atoms with Gasteiger partial charge in [-0.05, 0) is 35.1 Å². The summed E-state index contributed by atoms with van der Waals surface area (Å²) in [4.78, 5) is 0. The van der Waals surface area contributed by atoms with Gasteiger partial charge in [-0.25, -0.2) is 0 Å². The Morgan fingerprint density at radius 2 is 1.58 bits per heavy atom. The third-order valence-corrected chi connectivity index (χ3v) is 5.77. The van der Waals surface area contributed by atoms with Gasteiger partial charge < -0.3 is 0 Å². The number of hydrogen-bond acceptors (Lipinski definition) is 0. The van der Waals surface area contributed by atoms with Crippen LogP contribution in [0.25, 0.3) is 0 Å². The van der Waals surface area contributed by atoms with Crippen molar-refractivity contribution >= 4 is 0 Å². The Bertz CT molecular complexity index is 724. The van der Waals surface area contributed by atoms with Crippen LogP contribution in [0.3, 0.4) is 0 Å². The van der Waals surface area contributed by atoms with Crippen molar-refractivity contribution in [2.75, 3.05) is 0 Å². The average Bonchev–Trinajstić information content (AvgIpc) is 2.80. The van der Waals surface area contributed by atoms with Crippen LogP contribution in [0.2, 0.25) is 0 Å². The molecule has 1 saturated carbocycles. The molecule has 0 saturated heterocycles. The Morgan fingerprint density at radius 1 is 0.895 bits per heavy atom. The highest BCUT2D eigenvalue weighted by atomic mass is 14.6. The molecule has 0 nitrogen and oxygen atoms in total. The van der Waals surface area contributed by atoms with Gasteiger partial charge in [-0.1, -0.05) is 60.7 Å². The molecule has 5 rings (SSSR count). The number of hydrogen-bond donors (Lipinski definition) is 0. The smallest absolute Gasteiger partial charge is 0.0243 e. The molecule has 92 valence electrons. The van der Waals surface area contributed by atoms with Crippen molar-refractivity contribution in [3.05, 3.63) is 82.9 Å². The molecule has 0 amide bonds. The van der Waals surface area contributed by atoms with Gasteiger partial charge in [0.15, 0.2) is 0 Å². The summed E-state index contributed by atoms with van der Waals surface area (Å²) in [6.45, 7) is 4.39. The normalized spacial score (nSPS) is 33.2. The maximum atomic E-state index is 4.39. The first kappa shape index (κ1) is 10.0. The highest BCUT2D eigenvalue weighted by molar-refractivity contribution is 5.64. The third kappa shape index (κ3) is 0.929. The van der Waals surface area contributed by atoms with E-state index in [9.17, 15) is 0 Å². The molecule has 2 bridgehead atoms. The van der Waals surface area contributed by atoms with Gasteiger partial charge in [0.25, 0.3) is 0 Å². The van der Waals surface area contributed by atoms with E-state index in [1.54, 1.807) is 22.3 Å². The zero-order chi connectivity index (χ0) is 12.6. The molecule has 0 radical (unpaired) electrons. The predicted molar refractivity (Wildman–Crippen MR) is 77.5 cm³/mol. The first-order chi connectivity index (χ1) is 9.32. The van der Waals surface area contributed by atoms with Gasteiger partial charge in [-0.15, -0.1) is 0 Å². The number of benzene rings is 2. The van der Waals surface area contributed by atoms with Gasteiger partial charge in [0.2, 0.25) is 0 Å². The monoisotopic (exact) mass is 244 g/mol. The lowest BCUT2D eigenvalue weighted by Crippen LogP contribution is -2.45. The lowest BCUT2D eigenvalue weighted by atomic mass is 9.49. The zero-order valence-electron chi connectivity index (χ0n) is 10.9. The minimum Gasteiger partial charge on any atom is -0.0989 e. The van der Waals surface area contributed by atoms with E-state index in [0.717, 1.165) is 0 Å². The molecule has 19 heavy (non-hydrogen) atoms. The van der Waals surface area contributed by atoms with Crippen molar-refractivity contribution in [2.45, 2.75) is 30.1 Å². The van der Waals surface area contributed by atoms with E-state index in [1.165, 1.54) is 18.4 Å². The summed E-state index contributed by atoms with van der Waals surface area (Å²) in [5.41, 5.74) is 8.01. The number of fused-ring (bicyclic) bond motifs is 3. The van der Waals surface area contributed by atoms with Crippen LogP contribution >= 0.6 is 0 Å². The van der Waals surface area contributed by atoms with Gasteiger partial charge in [-0.2, -0.15) is 0 Å². The van der Waals surface area contributed by atoms with Crippen molar-refractivity contribution in [1.29, 1.82) is 0 Å². The molecule has 1 spiro atoms. The molecule has 3 aliphatic carbocycles. The van der Waals surface area contributed by atoms with E-state index in [2.05, 4.69) is 55.1 Å². The van der Waals surface area contributed by atoms with E-state index < -0.39 is 0 Å². The Balaban J connectivity index is 1.89. The lowest BCUT2D eigenvalue weighted by Gasteiger charge is -2.53. The van der Waals surface area contributed by atoms with Crippen molar-refractivity contribution in [3.63, 3.8) is 0 Å². The topological polar surface area (TPSA) is 0 Å². The van der Waals surface area contributed by atoms with E-state index >= 15 is 0 Å². The van der Waals surface area contributed by atoms with Crippen LogP contribution in [0.15, 0.2) is 60.7 Å². The van der Waals surface area contributed by atoms with Crippen LogP contribution in [-0.2, 0) is 5.41 Å². The fourth-order valence-corrected chi connectivity index (χ4v) is 4.93. The second kappa shape index (κ2) is 3.01. The summed E-state index contributed by atoms with van der Waals surface area (Å²) >= 11 is 0. The van der Waals surface area contributed by atoms with Crippen LogP contribution in [-0.4, -0.2) is 0 Å². The molecule has 0 heterocycles. The fourth-order valence-electron chi connectivity index (χ4n) is 4.93. The Morgan fingerprint density at radius 3 is 2.37 bits per heavy atom. The van der Waals surface area contributed by atoms with E-state index in [-0.39, 0.29) is 5.41 Å². The first-order valence-corrected chi connectivity index (χ1v) is 7.19. The molecule has 3 aliphatic rings. The summed E-state index contributed by atoms with van der Waals surface area (Å²) in [5, 5.41) is 0. The molecular formula is C19H16. The molecule has 2 aromatic carbocycles. The Kier molecular flexibility index (Phi) is 1.59. The van der Waals surface area contributed by atoms with Gasteiger partial charge in [0.1, 0.15) is 0 Å². The second-order valence-electron chi connectivity index (χ2n) is 6.30. The molecule has 3 unspecified atom stereocenters. The molecule has 3 atom stereocenters. The number of allylic oxidation sites excluding steroid dienone is 1. The molecule has 0 aliphatic heterocycles. The van der Waals surface area contributed by atoms with Gasteiger partial charge in [-0.3, -0.25) is 0 Å². The maximum absolute atomic E-state index is 4.39. The standard InChI is InChI=1S/C19H16/c1-12-10-18-14-7-3-2-6-13(14)16-11-19(12,18)17-9-5-4-8-15(16)17/h2-9,16,18H,1,10-11H2. The summed E-state index contributed by atoms with van der Waals surface area (Å²) in [6.07, 6.45) is 2.44. The minimum absolute atomic E-state index is 0.273. The second-order valence-corrected chi connectivity index (χ2v) is 6.30. The lowest BCUT2D eigenvalue weighted by molar-refractivity contribution is 0.271. The van der Waals surface area contributed by atoms with Crippen LogP contribution < -0.4 is 0 Å². The molecule has 0 aromatic heterocycles. The zero-order valence-corrected chi connectivity index (χ0v) is 10.9. The van der Waals surface area contributed by atoms with E-state index in [1.807, 2.05) is 0 Å². The molecule has 0 N–H and O–H groups in total. The number of rotatable bonds is 0. The van der Waals surface area contributed by atoms with E-state index in [4.69, 9.17) is 0 Å². The molecule has 0 heteroatoms. The molecule has 2 aromatic rings. The van der Waals surface area contributed by atoms with Crippen molar-refractivity contribution in [3.8, 4) is 0 Å². The Hall–Kier alpha value is -1.82. The summed E-state index contributed by atoms with van der Waals surface area (Å²) < 4.78 is 0. The van der Waals surface area contributed by atoms with Crippen LogP contribution in [0.1, 0.15) is 46.9 Å². The minimum atomic E-state index is 0.273. The SMILES string of the molecule is C=C1CC2c3ccccc3C3CC12c1ccccc13. The first-order valence-electron chi connectivity index (χ1n) is 7.19. The average molecular weight is 244 g/mol. The fraction of sp³-hybridized carbons (Fsp3) is 0.263. The van der Waals surface area contributed by atoms with Gasteiger partial charge >= 0.3 is 0 Å². The predicted octanol–water partition coefficient (Wildman–Crippen LogP) is 4.52. The highest BCUT2D eigenvalue weighted by Crippen LogP contribution is 2.70. The van der Waals surface area contributed by atoms with Gasteiger partial charge in [0, 0.05) is 17.3 Å². The van der Waals surface area contributed by atoms with Crippen molar-refractivity contribution in [1.82, 2.24) is 0 Å². The van der Waals surface area contributed by atoms with Gasteiger partial charge in [0.05, 0.1) is 0 Å². The van der Waals surface area contributed by atoms with Crippen LogP contribution in [0.5, 0.6) is 0 Å². The maximum Gasteiger partial charge on any atom is 0.0243 e. The van der Waals surface area contributed by atoms with Crippen molar-refractivity contribution < 1.29 is 0 Å². The summed E-state index contributed by atoms with van der Waals surface area (Å²) in [7, 11) is 0. The van der Waals surface area contributed by atoms with Crippen LogP contribution in [0.4, 0.5) is 0 Å². The van der Waals surface area contributed by atoms with E-state index in [0.29, 0.717) is 11.8 Å². The quantitative estimate of drug-likeness (QED) is 0.598. The van der Waals surface area contributed by atoms with Crippen molar-refractivity contribution in [2.24, 2.45) is 0 Å². The Labute approximate surface area is 113 Å². The van der Waals surface area contributed by atoms with Crippen LogP contribution in [0, 0.1) is 0 Å². The summed E-state index contributed by atoms with van der Waals surface area (Å²) in [6, 6.07) is 18.1. The molecular weight excluding hydrogens is 228 g/mol. The molecule has 1 fully saturated rings. The highest BCUT2D eigenvalue weighted by Gasteiger charge is 2.60. The largest absolute Gasteiger partial charge is 0.0989 e. The third-order valence-electron chi connectivity index (χ3n) is 5.77. The summed E-state index contributed by atoms with van der Waals surface area (Å²) in [5.74, 6) is 1.27.